The van der Waals surface area contributed by atoms with Gasteiger partial charge in [-0.1, -0.05) is 20.8 Å². The van der Waals surface area contributed by atoms with Crippen molar-refractivity contribution in [3.05, 3.63) is 11.8 Å². The molecule has 1 aromatic rings. The molecule has 6 heteroatoms. The molecular weight excluding hydrogens is 234 g/mol. The maximum absolute atomic E-state index is 12.0. The molecule has 0 radical (unpaired) electrons. The van der Waals surface area contributed by atoms with E-state index in [1.54, 1.807) is 38.6 Å². The van der Waals surface area contributed by atoms with Crippen molar-refractivity contribution in [2.75, 3.05) is 5.32 Å². The number of carboxylic acid groups (broad SMARTS) is 1. The van der Waals surface area contributed by atoms with Crippen molar-refractivity contribution >= 4 is 17.7 Å². The molecule has 0 saturated heterocycles. The lowest BCUT2D eigenvalue weighted by Gasteiger charge is -2.25. The first kappa shape index (κ1) is 14.2. The number of hydrogen-bond acceptors (Lipinski definition) is 3. The highest BCUT2D eigenvalue weighted by Gasteiger charge is 2.37. The Bertz CT molecular complexity index is 452. The third-order valence-electron chi connectivity index (χ3n) is 2.74. The largest absolute Gasteiger partial charge is 0.481 e. The van der Waals surface area contributed by atoms with E-state index in [-0.39, 0.29) is 0 Å². The average Bonchev–Trinajstić information content (AvgIpc) is 2.41. The molecule has 1 heterocycles. The zero-order valence-corrected chi connectivity index (χ0v) is 11.3. The van der Waals surface area contributed by atoms with Crippen LogP contribution in [0.5, 0.6) is 0 Å². The average molecular weight is 253 g/mol. The first-order valence-corrected chi connectivity index (χ1v) is 5.67. The number of carbonyl (C=O) groups is 2. The molecule has 0 bridgehead atoms. The fourth-order valence-electron chi connectivity index (χ4n) is 1.70. The van der Waals surface area contributed by atoms with Crippen molar-refractivity contribution in [3.63, 3.8) is 0 Å². The SMILES string of the molecule is Cc1cc(NC(=O)C(C(=O)O)C(C)(C)C)nn1C. The second kappa shape index (κ2) is 4.80. The molecule has 0 spiro atoms. The molecule has 100 valence electrons. The molecule has 0 fully saturated rings. The van der Waals surface area contributed by atoms with E-state index in [2.05, 4.69) is 10.4 Å². The number of nitrogens with one attached hydrogen (secondary N) is 1. The number of carbonyl (C=O) groups excluding carboxylic acids is 1. The molecule has 1 atom stereocenters. The Hall–Kier alpha value is -1.85. The van der Waals surface area contributed by atoms with Crippen LogP contribution in [-0.4, -0.2) is 26.8 Å². The van der Waals surface area contributed by atoms with Gasteiger partial charge in [0, 0.05) is 18.8 Å². The molecule has 2 N–H and O–H groups in total. The van der Waals surface area contributed by atoms with E-state index in [4.69, 9.17) is 5.11 Å². The van der Waals surface area contributed by atoms with Gasteiger partial charge in [-0.05, 0) is 12.3 Å². The third-order valence-corrected chi connectivity index (χ3v) is 2.74. The second-order valence-electron chi connectivity index (χ2n) is 5.42. The Morgan fingerprint density at radius 3 is 2.33 bits per heavy atom. The summed E-state index contributed by atoms with van der Waals surface area (Å²) in [6.07, 6.45) is 0. The summed E-state index contributed by atoms with van der Waals surface area (Å²) < 4.78 is 1.61. The van der Waals surface area contributed by atoms with Gasteiger partial charge in [0.2, 0.25) is 5.91 Å². The Labute approximate surface area is 106 Å². The molecule has 1 unspecified atom stereocenters. The van der Waals surface area contributed by atoms with Crippen LogP contribution in [0.15, 0.2) is 6.07 Å². The first-order chi connectivity index (χ1) is 8.12. The summed E-state index contributed by atoms with van der Waals surface area (Å²) in [6.45, 7) is 7.00. The van der Waals surface area contributed by atoms with Crippen LogP contribution in [0.1, 0.15) is 26.5 Å². The lowest BCUT2D eigenvalue weighted by molar-refractivity contribution is -0.149. The molecule has 18 heavy (non-hydrogen) atoms. The minimum Gasteiger partial charge on any atom is -0.481 e. The molecule has 1 rings (SSSR count). The highest BCUT2D eigenvalue weighted by molar-refractivity contribution is 6.04. The Morgan fingerprint density at radius 2 is 2.00 bits per heavy atom. The van der Waals surface area contributed by atoms with E-state index in [9.17, 15) is 9.59 Å². The third kappa shape index (κ3) is 3.09. The molecule has 0 aliphatic carbocycles. The highest BCUT2D eigenvalue weighted by Crippen LogP contribution is 2.27. The molecular formula is C12H19N3O3. The van der Waals surface area contributed by atoms with Crippen molar-refractivity contribution < 1.29 is 14.7 Å². The zero-order valence-electron chi connectivity index (χ0n) is 11.3. The van der Waals surface area contributed by atoms with Gasteiger partial charge in [0.1, 0.15) is 5.92 Å². The van der Waals surface area contributed by atoms with Gasteiger partial charge in [0.15, 0.2) is 5.82 Å². The van der Waals surface area contributed by atoms with Crippen molar-refractivity contribution in [2.24, 2.45) is 18.4 Å². The van der Waals surface area contributed by atoms with Crippen LogP contribution in [0.2, 0.25) is 0 Å². The monoisotopic (exact) mass is 253 g/mol. The predicted octanol–water partition coefficient (Wildman–Crippen LogP) is 1.41. The minimum absolute atomic E-state index is 0.371. The van der Waals surface area contributed by atoms with E-state index in [0.717, 1.165) is 5.69 Å². The van der Waals surface area contributed by atoms with Crippen LogP contribution in [0, 0.1) is 18.3 Å². The fraction of sp³-hybridized carbons (Fsp3) is 0.583. The first-order valence-electron chi connectivity index (χ1n) is 5.67. The van der Waals surface area contributed by atoms with Gasteiger partial charge in [-0.25, -0.2) is 0 Å². The predicted molar refractivity (Wildman–Crippen MR) is 67.2 cm³/mol. The highest BCUT2D eigenvalue weighted by atomic mass is 16.4. The van der Waals surface area contributed by atoms with Crippen LogP contribution >= 0.6 is 0 Å². The van der Waals surface area contributed by atoms with E-state index in [1.165, 1.54) is 0 Å². The number of nitrogens with zero attached hydrogens (tertiary/aromatic N) is 2. The second-order valence-corrected chi connectivity index (χ2v) is 5.42. The van der Waals surface area contributed by atoms with Crippen LogP contribution < -0.4 is 5.32 Å². The van der Waals surface area contributed by atoms with E-state index < -0.39 is 23.2 Å². The van der Waals surface area contributed by atoms with E-state index in [1.807, 2.05) is 6.92 Å². The van der Waals surface area contributed by atoms with Crippen LogP contribution in [0.4, 0.5) is 5.82 Å². The maximum Gasteiger partial charge on any atom is 0.316 e. The number of amides is 1. The van der Waals surface area contributed by atoms with Crippen LogP contribution in [0.3, 0.4) is 0 Å². The van der Waals surface area contributed by atoms with Gasteiger partial charge in [0.25, 0.3) is 0 Å². The number of anilines is 1. The molecule has 0 saturated carbocycles. The number of aryl methyl sites for hydroxylation is 2. The van der Waals surface area contributed by atoms with Crippen molar-refractivity contribution in [3.8, 4) is 0 Å². The van der Waals surface area contributed by atoms with Crippen LogP contribution in [0.25, 0.3) is 0 Å². The minimum atomic E-state index is -1.13. The quantitative estimate of drug-likeness (QED) is 0.798. The number of hydrogen-bond donors (Lipinski definition) is 2. The van der Waals surface area contributed by atoms with Gasteiger partial charge < -0.3 is 10.4 Å². The van der Waals surface area contributed by atoms with Gasteiger partial charge in [0.05, 0.1) is 0 Å². The zero-order chi connectivity index (χ0) is 14.1. The van der Waals surface area contributed by atoms with E-state index in [0.29, 0.717) is 5.82 Å². The molecule has 0 aliphatic rings. The fourth-order valence-corrected chi connectivity index (χ4v) is 1.70. The normalized spacial score (nSPS) is 13.2. The van der Waals surface area contributed by atoms with Crippen molar-refractivity contribution in [2.45, 2.75) is 27.7 Å². The Balaban J connectivity index is 2.89. The topological polar surface area (TPSA) is 84.2 Å². The summed E-state index contributed by atoms with van der Waals surface area (Å²) in [5.41, 5.74) is 0.229. The number of rotatable bonds is 3. The molecule has 0 aromatic carbocycles. The van der Waals surface area contributed by atoms with Gasteiger partial charge >= 0.3 is 5.97 Å². The number of carboxylic acids is 1. The lowest BCUT2D eigenvalue weighted by Crippen LogP contribution is -2.39. The Morgan fingerprint density at radius 1 is 1.44 bits per heavy atom. The van der Waals surface area contributed by atoms with E-state index >= 15 is 0 Å². The summed E-state index contributed by atoms with van der Waals surface area (Å²) in [4.78, 5) is 23.1. The number of aromatic nitrogens is 2. The summed E-state index contributed by atoms with van der Waals surface area (Å²) in [6, 6.07) is 1.69. The molecule has 6 nitrogen and oxygen atoms in total. The maximum atomic E-state index is 12.0. The van der Waals surface area contributed by atoms with Crippen molar-refractivity contribution in [1.29, 1.82) is 0 Å². The molecule has 1 amide bonds. The number of aliphatic carboxylic acids is 1. The van der Waals surface area contributed by atoms with Gasteiger partial charge in [-0.15, -0.1) is 0 Å². The summed E-state index contributed by atoms with van der Waals surface area (Å²) in [5, 5.41) is 15.7. The summed E-state index contributed by atoms with van der Waals surface area (Å²) in [7, 11) is 1.75. The summed E-state index contributed by atoms with van der Waals surface area (Å²) in [5.74, 6) is -2.42. The smallest absolute Gasteiger partial charge is 0.316 e. The Kier molecular flexibility index (Phi) is 3.79. The summed E-state index contributed by atoms with van der Waals surface area (Å²) >= 11 is 0. The molecule has 0 aliphatic heterocycles. The lowest BCUT2D eigenvalue weighted by atomic mass is 9.80. The molecule has 1 aromatic heterocycles. The van der Waals surface area contributed by atoms with Crippen molar-refractivity contribution in [1.82, 2.24) is 9.78 Å². The van der Waals surface area contributed by atoms with Gasteiger partial charge in [-0.3, -0.25) is 14.3 Å². The van der Waals surface area contributed by atoms with Crippen LogP contribution in [-0.2, 0) is 16.6 Å². The van der Waals surface area contributed by atoms with Gasteiger partial charge in [-0.2, -0.15) is 5.10 Å². The standard InChI is InChI=1S/C12H19N3O3/c1-7-6-8(14-15(7)5)13-10(16)9(11(17)18)12(2,3)4/h6,9H,1-5H3,(H,17,18)(H,13,14,16).